The van der Waals surface area contributed by atoms with Gasteiger partial charge in [-0.15, -0.1) is 0 Å². The lowest BCUT2D eigenvalue weighted by atomic mass is 10.2. The second kappa shape index (κ2) is 10.8. The molecule has 0 spiro atoms. The van der Waals surface area contributed by atoms with Crippen LogP contribution in [0, 0.1) is 0 Å². The average Bonchev–Trinajstić information content (AvgIpc) is 2.79. The van der Waals surface area contributed by atoms with Gasteiger partial charge in [-0.05, 0) is 42.0 Å². The number of nitrogens with one attached hydrogen (secondary N) is 2. The summed E-state index contributed by atoms with van der Waals surface area (Å²) < 4.78 is 11.0. The SMILES string of the molecule is COc1ccccc1NC(=O)C(=O)N/N=C/c1ccccc1OCc1ccc(Cl)cc1. The van der Waals surface area contributed by atoms with Crippen molar-refractivity contribution in [2.24, 2.45) is 5.10 Å². The summed E-state index contributed by atoms with van der Waals surface area (Å²) in [6.07, 6.45) is 1.41. The van der Waals surface area contributed by atoms with Gasteiger partial charge in [0.15, 0.2) is 0 Å². The number of nitrogens with zero attached hydrogens (tertiary/aromatic N) is 1. The minimum atomic E-state index is -0.915. The van der Waals surface area contributed by atoms with Crippen LogP contribution in [0.3, 0.4) is 0 Å². The van der Waals surface area contributed by atoms with Crippen LogP contribution in [-0.2, 0) is 16.2 Å². The van der Waals surface area contributed by atoms with E-state index in [0.717, 1.165) is 5.56 Å². The third-order valence-electron chi connectivity index (χ3n) is 4.16. The molecule has 0 atom stereocenters. The summed E-state index contributed by atoms with van der Waals surface area (Å²) >= 11 is 5.89. The van der Waals surface area contributed by atoms with Gasteiger partial charge in [-0.1, -0.05) is 48.0 Å². The highest BCUT2D eigenvalue weighted by atomic mass is 35.5. The molecule has 3 aromatic carbocycles. The maximum Gasteiger partial charge on any atom is 0.329 e. The molecule has 0 heterocycles. The van der Waals surface area contributed by atoms with E-state index < -0.39 is 11.8 Å². The molecule has 0 aliphatic carbocycles. The van der Waals surface area contributed by atoms with Gasteiger partial charge < -0.3 is 14.8 Å². The zero-order chi connectivity index (χ0) is 22.1. The highest BCUT2D eigenvalue weighted by molar-refractivity contribution is 6.39. The molecule has 0 aliphatic heterocycles. The van der Waals surface area contributed by atoms with E-state index in [9.17, 15) is 9.59 Å². The fourth-order valence-electron chi connectivity index (χ4n) is 2.60. The van der Waals surface area contributed by atoms with E-state index >= 15 is 0 Å². The Morgan fingerprint density at radius 1 is 0.935 bits per heavy atom. The Labute approximate surface area is 184 Å². The topological polar surface area (TPSA) is 89.0 Å². The number of carbonyl (C=O) groups is 2. The molecule has 8 heteroatoms. The van der Waals surface area contributed by atoms with Gasteiger partial charge in [0, 0.05) is 10.6 Å². The Kier molecular flexibility index (Phi) is 7.61. The van der Waals surface area contributed by atoms with E-state index in [1.54, 1.807) is 48.5 Å². The summed E-state index contributed by atoms with van der Waals surface area (Å²) in [6.45, 7) is 0.343. The third kappa shape index (κ3) is 6.32. The Balaban J connectivity index is 1.58. The summed E-state index contributed by atoms with van der Waals surface area (Å²) in [6, 6.07) is 21.3. The normalized spacial score (nSPS) is 10.5. The van der Waals surface area contributed by atoms with E-state index in [1.165, 1.54) is 13.3 Å². The fourth-order valence-corrected chi connectivity index (χ4v) is 2.72. The zero-order valence-corrected chi connectivity index (χ0v) is 17.4. The van der Waals surface area contributed by atoms with Crippen LogP contribution in [0.1, 0.15) is 11.1 Å². The van der Waals surface area contributed by atoms with Crippen LogP contribution in [0.5, 0.6) is 11.5 Å². The monoisotopic (exact) mass is 437 g/mol. The van der Waals surface area contributed by atoms with Crippen LogP contribution in [0.2, 0.25) is 5.02 Å². The summed E-state index contributed by atoms with van der Waals surface area (Å²) in [7, 11) is 1.47. The maximum absolute atomic E-state index is 12.1. The molecule has 7 nitrogen and oxygen atoms in total. The van der Waals surface area contributed by atoms with E-state index in [1.807, 2.05) is 24.3 Å². The number of hydrogen-bond acceptors (Lipinski definition) is 5. The van der Waals surface area contributed by atoms with Crippen LogP contribution in [0.25, 0.3) is 0 Å². The number of anilines is 1. The molecule has 0 unspecified atom stereocenters. The van der Waals surface area contributed by atoms with Crippen LogP contribution < -0.4 is 20.2 Å². The number of amides is 2. The molecule has 0 saturated carbocycles. The van der Waals surface area contributed by atoms with E-state index in [4.69, 9.17) is 21.1 Å². The van der Waals surface area contributed by atoms with Gasteiger partial charge in [0.1, 0.15) is 18.1 Å². The number of ether oxygens (including phenoxy) is 2. The van der Waals surface area contributed by atoms with Gasteiger partial charge in [0.05, 0.1) is 19.0 Å². The molecular weight excluding hydrogens is 418 g/mol. The van der Waals surface area contributed by atoms with Crippen LogP contribution in [0.4, 0.5) is 5.69 Å². The first kappa shape index (κ1) is 21.9. The lowest BCUT2D eigenvalue weighted by Crippen LogP contribution is -2.32. The number of carbonyl (C=O) groups excluding carboxylic acids is 2. The highest BCUT2D eigenvalue weighted by Crippen LogP contribution is 2.22. The number of benzene rings is 3. The Bertz CT molecular complexity index is 1080. The molecule has 158 valence electrons. The third-order valence-corrected chi connectivity index (χ3v) is 4.41. The summed E-state index contributed by atoms with van der Waals surface area (Å²) in [5.41, 5.74) is 4.18. The molecular formula is C23H20ClN3O4. The Morgan fingerprint density at radius 2 is 1.61 bits per heavy atom. The lowest BCUT2D eigenvalue weighted by Gasteiger charge is -2.09. The molecule has 0 saturated heterocycles. The predicted octanol–water partition coefficient (Wildman–Crippen LogP) is 4.02. The number of rotatable bonds is 7. The second-order valence-corrected chi connectivity index (χ2v) is 6.74. The van der Waals surface area contributed by atoms with Gasteiger partial charge in [0.25, 0.3) is 0 Å². The number of para-hydroxylation sites is 3. The number of halogens is 1. The first-order valence-corrected chi connectivity index (χ1v) is 9.68. The van der Waals surface area contributed by atoms with Gasteiger partial charge in [0.2, 0.25) is 0 Å². The van der Waals surface area contributed by atoms with Crippen LogP contribution in [0.15, 0.2) is 77.9 Å². The van der Waals surface area contributed by atoms with E-state index in [-0.39, 0.29) is 0 Å². The Hall–Kier alpha value is -3.84. The van der Waals surface area contributed by atoms with Gasteiger partial charge >= 0.3 is 11.8 Å². The zero-order valence-electron chi connectivity index (χ0n) is 16.7. The van der Waals surface area contributed by atoms with E-state index in [2.05, 4.69) is 15.8 Å². The van der Waals surface area contributed by atoms with Crippen molar-refractivity contribution in [1.82, 2.24) is 5.43 Å². The van der Waals surface area contributed by atoms with Crippen LogP contribution in [-0.4, -0.2) is 25.1 Å². The number of hydrazone groups is 1. The van der Waals surface area contributed by atoms with Crippen molar-refractivity contribution in [3.8, 4) is 11.5 Å². The van der Waals surface area contributed by atoms with Gasteiger partial charge in [-0.25, -0.2) is 5.43 Å². The predicted molar refractivity (Wildman–Crippen MR) is 120 cm³/mol. The van der Waals surface area contributed by atoms with Crippen molar-refractivity contribution >= 4 is 35.3 Å². The number of hydrogen-bond donors (Lipinski definition) is 2. The first-order chi connectivity index (χ1) is 15.1. The van der Waals surface area contributed by atoms with Crippen molar-refractivity contribution in [3.05, 3.63) is 88.9 Å². The standard InChI is InChI=1S/C23H20ClN3O4/c1-30-21-9-5-3-7-19(21)26-22(28)23(29)27-25-14-17-6-2-4-8-20(17)31-15-16-10-12-18(24)13-11-16/h2-14H,15H2,1H3,(H,26,28)(H,27,29)/b25-14+. The average molecular weight is 438 g/mol. The van der Waals surface area contributed by atoms with Crippen molar-refractivity contribution in [2.75, 3.05) is 12.4 Å². The quantitative estimate of drug-likeness (QED) is 0.332. The fraction of sp³-hybridized carbons (Fsp3) is 0.0870. The van der Waals surface area contributed by atoms with Crippen LogP contribution >= 0.6 is 11.6 Å². The minimum absolute atomic E-state index is 0.343. The molecule has 31 heavy (non-hydrogen) atoms. The van der Waals surface area contributed by atoms with Crippen molar-refractivity contribution < 1.29 is 19.1 Å². The van der Waals surface area contributed by atoms with E-state index in [0.29, 0.717) is 34.4 Å². The second-order valence-electron chi connectivity index (χ2n) is 6.31. The first-order valence-electron chi connectivity index (χ1n) is 9.30. The Morgan fingerprint density at radius 3 is 2.35 bits per heavy atom. The molecule has 2 N–H and O–H groups in total. The molecule has 0 aromatic heterocycles. The maximum atomic E-state index is 12.1. The highest BCUT2D eigenvalue weighted by Gasteiger charge is 2.15. The number of methoxy groups -OCH3 is 1. The van der Waals surface area contributed by atoms with Crippen molar-refractivity contribution in [1.29, 1.82) is 0 Å². The van der Waals surface area contributed by atoms with Crippen molar-refractivity contribution in [3.63, 3.8) is 0 Å². The van der Waals surface area contributed by atoms with Gasteiger partial charge in [-0.3, -0.25) is 9.59 Å². The molecule has 0 aliphatic rings. The summed E-state index contributed by atoms with van der Waals surface area (Å²) in [5, 5.41) is 6.99. The molecule has 0 fully saturated rings. The largest absolute Gasteiger partial charge is 0.495 e. The lowest BCUT2D eigenvalue weighted by molar-refractivity contribution is -0.136. The summed E-state index contributed by atoms with van der Waals surface area (Å²) in [5.74, 6) is -0.761. The molecule has 3 aromatic rings. The van der Waals surface area contributed by atoms with Gasteiger partial charge in [-0.2, -0.15) is 5.10 Å². The minimum Gasteiger partial charge on any atom is -0.495 e. The van der Waals surface area contributed by atoms with Crippen molar-refractivity contribution in [2.45, 2.75) is 6.61 Å². The smallest absolute Gasteiger partial charge is 0.329 e. The molecule has 2 amide bonds. The molecule has 0 radical (unpaired) electrons. The summed E-state index contributed by atoms with van der Waals surface area (Å²) in [4.78, 5) is 24.1. The molecule has 0 bridgehead atoms. The molecule has 3 rings (SSSR count).